The highest BCUT2D eigenvalue weighted by atomic mass is 16.2. The summed E-state index contributed by atoms with van der Waals surface area (Å²) < 4.78 is 0. The minimum atomic E-state index is -0.540. The van der Waals surface area contributed by atoms with Crippen molar-refractivity contribution in [1.29, 1.82) is 0 Å². The van der Waals surface area contributed by atoms with Crippen molar-refractivity contribution in [3.8, 4) is 0 Å². The number of carbonyl (C=O) groups is 2. The molecule has 18 heavy (non-hydrogen) atoms. The number of ketones is 1. The minimum Gasteiger partial charge on any atom is -0.343 e. The Bertz CT molecular complexity index is 346. The van der Waals surface area contributed by atoms with E-state index in [-0.39, 0.29) is 11.8 Å². The third kappa shape index (κ3) is 2.44. The molecular weight excluding hydrogens is 228 g/mol. The Morgan fingerprint density at radius 3 is 2.50 bits per heavy atom. The molecular formula is C14H24N2O2. The number of nitrogens with zero attached hydrogens (tertiary/aromatic N) is 2. The molecule has 0 N–H and O–H groups in total. The fourth-order valence-corrected chi connectivity index (χ4v) is 3.10. The van der Waals surface area contributed by atoms with Gasteiger partial charge in [-0.3, -0.25) is 14.5 Å². The Morgan fingerprint density at radius 1 is 1.28 bits per heavy atom. The van der Waals surface area contributed by atoms with E-state index >= 15 is 0 Å². The summed E-state index contributed by atoms with van der Waals surface area (Å²) >= 11 is 0. The lowest BCUT2D eigenvalue weighted by atomic mass is 9.95. The Balaban J connectivity index is 2.00. The van der Waals surface area contributed by atoms with E-state index in [1.165, 1.54) is 12.8 Å². The van der Waals surface area contributed by atoms with Crippen LogP contribution in [0, 0.1) is 5.92 Å². The number of carbonyl (C=O) groups excluding carboxylic acids is 2. The minimum absolute atomic E-state index is 0.118. The number of amides is 1. The van der Waals surface area contributed by atoms with E-state index in [1.807, 2.05) is 20.9 Å². The van der Waals surface area contributed by atoms with Crippen molar-refractivity contribution in [3.63, 3.8) is 0 Å². The van der Waals surface area contributed by atoms with E-state index in [9.17, 15) is 9.59 Å². The molecule has 1 saturated heterocycles. The van der Waals surface area contributed by atoms with Gasteiger partial charge in [-0.1, -0.05) is 12.8 Å². The fourth-order valence-electron chi connectivity index (χ4n) is 3.10. The molecule has 4 heteroatoms. The van der Waals surface area contributed by atoms with Crippen molar-refractivity contribution < 1.29 is 9.59 Å². The van der Waals surface area contributed by atoms with Crippen LogP contribution < -0.4 is 0 Å². The first-order chi connectivity index (χ1) is 8.43. The molecule has 1 heterocycles. The average molecular weight is 252 g/mol. The molecule has 2 fully saturated rings. The number of hydrogen-bond donors (Lipinski definition) is 0. The molecule has 0 radical (unpaired) electrons. The molecule has 1 aliphatic heterocycles. The van der Waals surface area contributed by atoms with Crippen molar-refractivity contribution in [3.05, 3.63) is 0 Å². The van der Waals surface area contributed by atoms with Crippen LogP contribution >= 0.6 is 0 Å². The van der Waals surface area contributed by atoms with Crippen molar-refractivity contribution in [1.82, 2.24) is 9.80 Å². The van der Waals surface area contributed by atoms with Crippen molar-refractivity contribution in [2.24, 2.45) is 5.92 Å². The SMILES string of the molecule is CN1CCN(CC(=O)C2CCCC2)C(C)(C)C1=O. The zero-order valence-corrected chi connectivity index (χ0v) is 11.7. The smallest absolute Gasteiger partial charge is 0.242 e. The van der Waals surface area contributed by atoms with E-state index in [2.05, 4.69) is 4.90 Å². The fraction of sp³-hybridized carbons (Fsp3) is 0.857. The molecule has 0 atom stereocenters. The number of likely N-dealkylation sites (N-methyl/N-ethyl adjacent to an activating group) is 1. The lowest BCUT2D eigenvalue weighted by Crippen LogP contribution is -2.63. The predicted octanol–water partition coefficient (Wildman–Crippen LogP) is 1.30. The summed E-state index contributed by atoms with van der Waals surface area (Å²) in [5, 5.41) is 0. The molecule has 0 aromatic rings. The number of Topliss-reactive ketones (excluding diaryl/α,β-unsaturated/α-hetero) is 1. The van der Waals surface area contributed by atoms with Crippen LogP contribution in [-0.2, 0) is 9.59 Å². The van der Waals surface area contributed by atoms with Gasteiger partial charge in [0.15, 0.2) is 0 Å². The number of rotatable bonds is 3. The standard InChI is InChI=1S/C14H24N2O2/c1-14(2)13(18)15(3)8-9-16(14)10-12(17)11-6-4-5-7-11/h11H,4-10H2,1-3H3. The topological polar surface area (TPSA) is 40.6 Å². The highest BCUT2D eigenvalue weighted by Gasteiger charge is 2.41. The summed E-state index contributed by atoms with van der Waals surface area (Å²) in [6.07, 6.45) is 4.45. The van der Waals surface area contributed by atoms with Gasteiger partial charge in [0.1, 0.15) is 5.78 Å². The molecule has 2 aliphatic rings. The van der Waals surface area contributed by atoms with E-state index in [1.54, 1.807) is 4.90 Å². The predicted molar refractivity (Wildman–Crippen MR) is 70.3 cm³/mol. The van der Waals surface area contributed by atoms with E-state index < -0.39 is 5.54 Å². The summed E-state index contributed by atoms with van der Waals surface area (Å²) in [5.74, 6) is 0.696. The number of hydrogen-bond acceptors (Lipinski definition) is 3. The quantitative estimate of drug-likeness (QED) is 0.760. The van der Waals surface area contributed by atoms with Crippen LogP contribution in [0.1, 0.15) is 39.5 Å². The van der Waals surface area contributed by atoms with Crippen LogP contribution in [0.15, 0.2) is 0 Å². The molecule has 2 rings (SSSR count). The first kappa shape index (κ1) is 13.5. The van der Waals surface area contributed by atoms with Gasteiger partial charge in [0.2, 0.25) is 5.91 Å². The molecule has 0 aromatic heterocycles. The van der Waals surface area contributed by atoms with Crippen molar-refractivity contribution >= 4 is 11.7 Å². The highest BCUT2D eigenvalue weighted by Crippen LogP contribution is 2.27. The Labute approximate surface area is 109 Å². The van der Waals surface area contributed by atoms with E-state index in [0.717, 1.165) is 25.9 Å². The Morgan fingerprint density at radius 2 is 1.89 bits per heavy atom. The Hall–Kier alpha value is -0.900. The molecule has 102 valence electrons. The first-order valence-corrected chi connectivity index (χ1v) is 6.96. The van der Waals surface area contributed by atoms with Gasteiger partial charge in [-0.2, -0.15) is 0 Å². The van der Waals surface area contributed by atoms with Gasteiger partial charge >= 0.3 is 0 Å². The maximum Gasteiger partial charge on any atom is 0.242 e. The van der Waals surface area contributed by atoms with Gasteiger partial charge in [-0.25, -0.2) is 0 Å². The molecule has 4 nitrogen and oxygen atoms in total. The van der Waals surface area contributed by atoms with Gasteiger partial charge in [0.25, 0.3) is 0 Å². The molecule has 0 unspecified atom stereocenters. The maximum atomic E-state index is 12.2. The first-order valence-electron chi connectivity index (χ1n) is 6.96. The second kappa shape index (κ2) is 5.00. The van der Waals surface area contributed by atoms with Crippen LogP contribution in [0.5, 0.6) is 0 Å². The summed E-state index contributed by atoms with van der Waals surface area (Å²) in [6, 6.07) is 0. The van der Waals surface area contributed by atoms with Crippen molar-refractivity contribution in [2.75, 3.05) is 26.7 Å². The molecule has 1 saturated carbocycles. The van der Waals surface area contributed by atoms with Gasteiger partial charge < -0.3 is 4.90 Å². The van der Waals surface area contributed by atoms with E-state index in [4.69, 9.17) is 0 Å². The second-order valence-electron chi connectivity index (χ2n) is 6.15. The molecule has 1 amide bonds. The molecule has 0 aromatic carbocycles. The zero-order chi connectivity index (χ0) is 13.3. The second-order valence-corrected chi connectivity index (χ2v) is 6.15. The van der Waals surface area contributed by atoms with E-state index in [0.29, 0.717) is 12.3 Å². The van der Waals surface area contributed by atoms with Crippen LogP contribution in [0.2, 0.25) is 0 Å². The normalized spacial score (nSPS) is 25.7. The molecule has 0 spiro atoms. The van der Waals surface area contributed by atoms with Crippen LogP contribution in [0.3, 0.4) is 0 Å². The van der Waals surface area contributed by atoms with Crippen molar-refractivity contribution in [2.45, 2.75) is 45.1 Å². The molecule has 0 bridgehead atoms. The summed E-state index contributed by atoms with van der Waals surface area (Å²) in [5.41, 5.74) is -0.540. The Kier molecular flexibility index (Phi) is 3.76. The molecule has 1 aliphatic carbocycles. The van der Waals surface area contributed by atoms with Crippen LogP contribution in [0.4, 0.5) is 0 Å². The van der Waals surface area contributed by atoms with Gasteiger partial charge in [0.05, 0.1) is 12.1 Å². The summed E-state index contributed by atoms with van der Waals surface area (Å²) in [7, 11) is 1.83. The monoisotopic (exact) mass is 252 g/mol. The largest absolute Gasteiger partial charge is 0.343 e. The summed E-state index contributed by atoms with van der Waals surface area (Å²) in [6.45, 7) is 5.81. The summed E-state index contributed by atoms with van der Waals surface area (Å²) in [4.78, 5) is 28.2. The van der Waals surface area contributed by atoms with Gasteiger partial charge in [-0.15, -0.1) is 0 Å². The van der Waals surface area contributed by atoms with Gasteiger partial charge in [0, 0.05) is 26.1 Å². The lowest BCUT2D eigenvalue weighted by Gasteiger charge is -2.44. The van der Waals surface area contributed by atoms with Gasteiger partial charge in [-0.05, 0) is 26.7 Å². The van der Waals surface area contributed by atoms with Crippen LogP contribution in [0.25, 0.3) is 0 Å². The van der Waals surface area contributed by atoms with Crippen LogP contribution in [-0.4, -0.2) is 53.7 Å². The zero-order valence-electron chi connectivity index (χ0n) is 11.7. The average Bonchev–Trinajstić information content (AvgIpc) is 2.84. The maximum absolute atomic E-state index is 12.2. The number of piperazine rings is 1. The third-order valence-corrected chi connectivity index (χ3v) is 4.52. The third-order valence-electron chi connectivity index (χ3n) is 4.52. The highest BCUT2D eigenvalue weighted by molar-refractivity contribution is 5.88. The lowest BCUT2D eigenvalue weighted by molar-refractivity contribution is -0.148.